The van der Waals surface area contributed by atoms with Crippen molar-refractivity contribution in [3.63, 3.8) is 0 Å². The standard InChI is InChI=1S/C23H44N4O2.HI/c1-4-24-23(25-17-20(3)26-12-8-19(2)9-13-26)27-14-10-21(11-15-27)29-18-22-7-5-6-16-28-22;/h19-22H,4-18H2,1-3H3,(H,24,25);1H. The highest BCUT2D eigenvalue weighted by molar-refractivity contribution is 14.0. The van der Waals surface area contributed by atoms with Gasteiger partial charge in [-0.25, -0.2) is 0 Å². The molecule has 176 valence electrons. The largest absolute Gasteiger partial charge is 0.376 e. The maximum Gasteiger partial charge on any atom is 0.193 e. The lowest BCUT2D eigenvalue weighted by atomic mass is 9.98. The van der Waals surface area contributed by atoms with Crippen LogP contribution in [0, 0.1) is 5.92 Å². The molecule has 3 heterocycles. The third kappa shape index (κ3) is 8.43. The van der Waals surface area contributed by atoms with Crippen LogP contribution in [-0.2, 0) is 9.47 Å². The molecule has 0 aromatic heterocycles. The topological polar surface area (TPSA) is 49.3 Å². The van der Waals surface area contributed by atoms with Crippen molar-refractivity contribution in [1.29, 1.82) is 0 Å². The van der Waals surface area contributed by atoms with Gasteiger partial charge in [0.2, 0.25) is 0 Å². The van der Waals surface area contributed by atoms with Crippen LogP contribution in [0.4, 0.5) is 0 Å². The highest BCUT2D eigenvalue weighted by Crippen LogP contribution is 2.19. The number of nitrogens with zero attached hydrogens (tertiary/aromatic N) is 3. The molecule has 30 heavy (non-hydrogen) atoms. The van der Waals surface area contributed by atoms with Gasteiger partial charge >= 0.3 is 0 Å². The molecule has 2 atom stereocenters. The number of nitrogens with one attached hydrogen (secondary N) is 1. The van der Waals surface area contributed by atoms with E-state index < -0.39 is 0 Å². The van der Waals surface area contributed by atoms with Crippen LogP contribution in [0.5, 0.6) is 0 Å². The average molecular weight is 537 g/mol. The van der Waals surface area contributed by atoms with Gasteiger partial charge in [-0.05, 0) is 77.8 Å². The molecule has 6 nitrogen and oxygen atoms in total. The first-order chi connectivity index (χ1) is 14.2. The van der Waals surface area contributed by atoms with E-state index in [0.717, 1.165) is 70.5 Å². The van der Waals surface area contributed by atoms with Gasteiger partial charge in [0.15, 0.2) is 5.96 Å². The van der Waals surface area contributed by atoms with Gasteiger partial charge in [0.05, 0.1) is 25.4 Å². The van der Waals surface area contributed by atoms with E-state index in [0.29, 0.717) is 18.2 Å². The molecule has 3 saturated heterocycles. The van der Waals surface area contributed by atoms with Crippen molar-refractivity contribution in [3.05, 3.63) is 0 Å². The van der Waals surface area contributed by atoms with Crippen molar-refractivity contribution in [1.82, 2.24) is 15.1 Å². The summed E-state index contributed by atoms with van der Waals surface area (Å²) in [6, 6.07) is 0.521. The molecular weight excluding hydrogens is 491 g/mol. The first kappa shape index (κ1) is 26.1. The van der Waals surface area contributed by atoms with Crippen molar-refractivity contribution in [2.45, 2.75) is 84.0 Å². The number of aliphatic imine (C=N–C) groups is 1. The first-order valence-electron chi connectivity index (χ1n) is 12.2. The molecule has 0 radical (unpaired) electrons. The Morgan fingerprint density at radius 2 is 1.83 bits per heavy atom. The van der Waals surface area contributed by atoms with Crippen LogP contribution in [-0.4, -0.2) is 86.5 Å². The molecule has 7 heteroatoms. The van der Waals surface area contributed by atoms with Gasteiger partial charge in [0, 0.05) is 32.3 Å². The van der Waals surface area contributed by atoms with Crippen molar-refractivity contribution < 1.29 is 9.47 Å². The van der Waals surface area contributed by atoms with Crippen molar-refractivity contribution in [3.8, 4) is 0 Å². The van der Waals surface area contributed by atoms with Gasteiger partial charge in [0.25, 0.3) is 0 Å². The van der Waals surface area contributed by atoms with E-state index >= 15 is 0 Å². The van der Waals surface area contributed by atoms with E-state index in [-0.39, 0.29) is 24.0 Å². The highest BCUT2D eigenvalue weighted by atomic mass is 127. The number of hydrogen-bond acceptors (Lipinski definition) is 4. The summed E-state index contributed by atoms with van der Waals surface area (Å²) in [6.45, 7) is 14.8. The molecule has 0 saturated carbocycles. The summed E-state index contributed by atoms with van der Waals surface area (Å²) in [5.41, 5.74) is 0. The maximum atomic E-state index is 6.18. The average Bonchev–Trinajstić information content (AvgIpc) is 2.76. The molecule has 0 aliphatic carbocycles. The van der Waals surface area contributed by atoms with Gasteiger partial charge in [0.1, 0.15) is 0 Å². The van der Waals surface area contributed by atoms with E-state index in [1.54, 1.807) is 0 Å². The Balaban J connectivity index is 0.00000320. The van der Waals surface area contributed by atoms with Gasteiger partial charge in [-0.2, -0.15) is 0 Å². The Hall–Kier alpha value is -0.120. The summed E-state index contributed by atoms with van der Waals surface area (Å²) in [7, 11) is 0. The second-order valence-electron chi connectivity index (χ2n) is 9.27. The molecule has 3 rings (SSSR count). The van der Waals surface area contributed by atoms with E-state index in [4.69, 9.17) is 14.5 Å². The summed E-state index contributed by atoms with van der Waals surface area (Å²) >= 11 is 0. The van der Waals surface area contributed by atoms with Crippen molar-refractivity contribution >= 4 is 29.9 Å². The summed E-state index contributed by atoms with van der Waals surface area (Å²) < 4.78 is 12.0. The highest BCUT2D eigenvalue weighted by Gasteiger charge is 2.25. The van der Waals surface area contributed by atoms with Gasteiger partial charge in [-0.3, -0.25) is 9.89 Å². The zero-order chi connectivity index (χ0) is 20.5. The van der Waals surface area contributed by atoms with Gasteiger partial charge in [-0.1, -0.05) is 6.92 Å². The Bertz CT molecular complexity index is 486. The predicted octanol–water partition coefficient (Wildman–Crippen LogP) is 3.74. The third-order valence-electron chi connectivity index (χ3n) is 6.82. The molecule has 0 amide bonds. The monoisotopic (exact) mass is 536 g/mol. The number of halogens is 1. The second-order valence-corrected chi connectivity index (χ2v) is 9.27. The minimum atomic E-state index is 0. The third-order valence-corrected chi connectivity index (χ3v) is 6.82. The lowest BCUT2D eigenvalue weighted by molar-refractivity contribution is -0.0721. The van der Waals surface area contributed by atoms with E-state index in [1.807, 2.05) is 0 Å². The molecule has 0 spiro atoms. The molecule has 0 bridgehead atoms. The fourth-order valence-electron chi connectivity index (χ4n) is 4.65. The summed E-state index contributed by atoms with van der Waals surface area (Å²) in [5.74, 6) is 1.96. The second kappa shape index (κ2) is 14.1. The summed E-state index contributed by atoms with van der Waals surface area (Å²) in [4.78, 5) is 10.0. The van der Waals surface area contributed by atoms with Crippen LogP contribution < -0.4 is 5.32 Å². The normalized spacial score (nSPS) is 26.3. The molecule has 0 aromatic carbocycles. The molecule has 3 fully saturated rings. The molecule has 0 aromatic rings. The van der Waals surface area contributed by atoms with Gasteiger partial charge < -0.3 is 19.7 Å². The Labute approximate surface area is 201 Å². The maximum absolute atomic E-state index is 6.18. The first-order valence-corrected chi connectivity index (χ1v) is 12.2. The van der Waals surface area contributed by atoms with Crippen molar-refractivity contribution in [2.75, 3.05) is 52.5 Å². The Morgan fingerprint density at radius 3 is 2.47 bits per heavy atom. The lowest BCUT2D eigenvalue weighted by Gasteiger charge is -2.36. The van der Waals surface area contributed by atoms with Crippen LogP contribution in [0.3, 0.4) is 0 Å². The lowest BCUT2D eigenvalue weighted by Crippen LogP contribution is -2.48. The van der Waals surface area contributed by atoms with Crippen LogP contribution in [0.25, 0.3) is 0 Å². The molecule has 1 N–H and O–H groups in total. The summed E-state index contributed by atoms with van der Waals surface area (Å²) in [6.07, 6.45) is 9.15. The van der Waals surface area contributed by atoms with E-state index in [9.17, 15) is 0 Å². The van der Waals surface area contributed by atoms with Crippen LogP contribution in [0.15, 0.2) is 4.99 Å². The Kier molecular flexibility index (Phi) is 12.3. The minimum Gasteiger partial charge on any atom is -0.376 e. The summed E-state index contributed by atoms with van der Waals surface area (Å²) in [5, 5.41) is 3.51. The minimum absolute atomic E-state index is 0. The molecule has 3 aliphatic rings. The van der Waals surface area contributed by atoms with Crippen LogP contribution in [0.2, 0.25) is 0 Å². The quantitative estimate of drug-likeness (QED) is 0.305. The molecule has 2 unspecified atom stereocenters. The number of likely N-dealkylation sites (tertiary alicyclic amines) is 2. The van der Waals surface area contributed by atoms with Gasteiger partial charge in [-0.15, -0.1) is 24.0 Å². The zero-order valence-electron chi connectivity index (χ0n) is 19.5. The number of ether oxygens (including phenoxy) is 2. The fourth-order valence-corrected chi connectivity index (χ4v) is 4.65. The zero-order valence-corrected chi connectivity index (χ0v) is 21.8. The van der Waals surface area contributed by atoms with Crippen molar-refractivity contribution in [2.24, 2.45) is 10.9 Å². The predicted molar refractivity (Wildman–Crippen MR) is 135 cm³/mol. The SMILES string of the molecule is CCNC(=NCC(C)N1CCC(C)CC1)N1CCC(OCC2CCCCO2)CC1.I. The number of piperidine rings is 2. The fraction of sp³-hybridized carbons (Fsp3) is 0.957. The molecular formula is C23H45IN4O2. The number of guanidine groups is 1. The molecule has 3 aliphatic heterocycles. The van der Waals surface area contributed by atoms with Crippen LogP contribution in [0.1, 0.15) is 65.7 Å². The van der Waals surface area contributed by atoms with E-state index in [2.05, 4.69) is 35.9 Å². The smallest absolute Gasteiger partial charge is 0.193 e. The Morgan fingerprint density at radius 1 is 1.10 bits per heavy atom. The van der Waals surface area contributed by atoms with Crippen LogP contribution >= 0.6 is 24.0 Å². The number of hydrogen-bond donors (Lipinski definition) is 1. The number of rotatable bonds is 7. The van der Waals surface area contributed by atoms with E-state index in [1.165, 1.54) is 38.8 Å².